The van der Waals surface area contributed by atoms with Crippen molar-refractivity contribution in [3.05, 3.63) is 35.0 Å². The normalized spacial score (nSPS) is 14.1. The van der Waals surface area contributed by atoms with E-state index in [0.29, 0.717) is 22.6 Å². The molecule has 0 atom stereocenters. The summed E-state index contributed by atoms with van der Waals surface area (Å²) in [6.07, 6.45) is 2.90. The Kier molecular flexibility index (Phi) is 7.12. The van der Waals surface area contributed by atoms with Gasteiger partial charge in [-0.2, -0.15) is 0 Å². The third-order valence-electron chi connectivity index (χ3n) is 5.68. The average molecular weight is 534 g/mol. The molecule has 0 radical (unpaired) electrons. The lowest BCUT2D eigenvalue weighted by atomic mass is 9.94. The Hall–Kier alpha value is -3.72. The molecule has 0 bridgehead atoms. The van der Waals surface area contributed by atoms with Gasteiger partial charge in [0.15, 0.2) is 15.1 Å². The topological polar surface area (TPSA) is 186 Å². The van der Waals surface area contributed by atoms with Crippen LogP contribution >= 0.6 is 11.3 Å². The Morgan fingerprint density at radius 3 is 2.56 bits per heavy atom. The molecule has 3 N–H and O–H groups in total. The van der Waals surface area contributed by atoms with Crippen LogP contribution in [-0.4, -0.2) is 56.5 Å². The molecule has 1 aliphatic rings. The van der Waals surface area contributed by atoms with E-state index in [1.165, 1.54) is 7.05 Å². The molecule has 1 fully saturated rings. The van der Waals surface area contributed by atoms with Gasteiger partial charge in [-0.05, 0) is 42.3 Å². The number of aryl methyl sites for hydroxylation is 2. The summed E-state index contributed by atoms with van der Waals surface area (Å²) < 4.78 is 26.6. The van der Waals surface area contributed by atoms with Gasteiger partial charge in [0.2, 0.25) is 0 Å². The van der Waals surface area contributed by atoms with Crippen LogP contribution in [0.5, 0.6) is 0 Å². The number of urea groups is 1. The summed E-state index contributed by atoms with van der Waals surface area (Å²) in [7, 11) is -2.98. The van der Waals surface area contributed by atoms with E-state index in [0.717, 1.165) is 35.9 Å². The molecule has 2 heterocycles. The van der Waals surface area contributed by atoms with E-state index in [1.54, 1.807) is 18.2 Å². The van der Waals surface area contributed by atoms with Crippen LogP contribution in [0.3, 0.4) is 0 Å². The van der Waals surface area contributed by atoms with Crippen LogP contribution in [0.25, 0.3) is 0 Å². The second-order valence-electron chi connectivity index (χ2n) is 8.39. The van der Waals surface area contributed by atoms with Crippen molar-refractivity contribution in [3.63, 3.8) is 0 Å². The minimum Gasteiger partial charge on any atom is -0.481 e. The van der Waals surface area contributed by atoms with Gasteiger partial charge >= 0.3 is 12.0 Å². The van der Waals surface area contributed by atoms with Gasteiger partial charge in [0, 0.05) is 18.5 Å². The highest BCUT2D eigenvalue weighted by atomic mass is 32.2. The summed E-state index contributed by atoms with van der Waals surface area (Å²) in [4.78, 5) is 41.1. The van der Waals surface area contributed by atoms with Gasteiger partial charge in [0.1, 0.15) is 0 Å². The Morgan fingerprint density at radius 1 is 1.19 bits per heavy atom. The molecule has 2 aromatic heterocycles. The minimum atomic E-state index is -4.31. The largest absolute Gasteiger partial charge is 0.481 e. The number of amides is 2. The molecule has 0 saturated heterocycles. The van der Waals surface area contributed by atoms with Gasteiger partial charge in [-0.15, -0.1) is 0 Å². The molecule has 15 heteroatoms. The van der Waals surface area contributed by atoms with Gasteiger partial charge in [-0.25, -0.2) is 22.9 Å². The van der Waals surface area contributed by atoms with Crippen LogP contribution in [0.15, 0.2) is 27.6 Å². The van der Waals surface area contributed by atoms with E-state index in [2.05, 4.69) is 31.1 Å². The summed E-state index contributed by atoms with van der Waals surface area (Å²) in [6.45, 7) is 1.85. The fraction of sp³-hybridized carbons (Fsp3) is 0.381. The molecule has 36 heavy (non-hydrogen) atoms. The van der Waals surface area contributed by atoms with Crippen molar-refractivity contribution in [1.82, 2.24) is 25.2 Å². The number of tetrazole rings is 1. The fourth-order valence-corrected chi connectivity index (χ4v) is 6.75. The Morgan fingerprint density at radius 2 is 1.92 bits per heavy atom. The molecule has 0 unspecified atom stereocenters. The molecule has 2 amide bonds. The highest BCUT2D eigenvalue weighted by Gasteiger charge is 2.32. The van der Waals surface area contributed by atoms with E-state index in [1.807, 2.05) is 6.92 Å². The van der Waals surface area contributed by atoms with Crippen LogP contribution < -0.4 is 10.6 Å². The summed E-state index contributed by atoms with van der Waals surface area (Å²) in [5.74, 6) is -1.43. The first-order valence-electron chi connectivity index (χ1n) is 11.0. The number of aliphatic carboxylic acids is 1. The maximum atomic E-state index is 13.0. The van der Waals surface area contributed by atoms with Gasteiger partial charge in [0.25, 0.3) is 15.0 Å². The van der Waals surface area contributed by atoms with Crippen LogP contribution in [0.1, 0.15) is 47.3 Å². The number of rotatable bonds is 8. The third kappa shape index (κ3) is 5.26. The zero-order valence-electron chi connectivity index (χ0n) is 19.4. The Balaban J connectivity index is 1.59. The number of aromatic nitrogens is 5. The summed E-state index contributed by atoms with van der Waals surface area (Å²) in [5.41, 5.74) is 1.32. The van der Waals surface area contributed by atoms with E-state index < -0.39 is 37.6 Å². The van der Waals surface area contributed by atoms with Crippen LogP contribution in [0.2, 0.25) is 0 Å². The zero-order chi connectivity index (χ0) is 26.0. The van der Waals surface area contributed by atoms with Crippen molar-refractivity contribution in [3.8, 4) is 0 Å². The summed E-state index contributed by atoms with van der Waals surface area (Å²) >= 11 is 0.577. The smallest absolute Gasteiger partial charge is 0.325 e. The van der Waals surface area contributed by atoms with E-state index in [-0.39, 0.29) is 22.5 Å². The predicted octanol–water partition coefficient (Wildman–Crippen LogP) is 2.45. The molecule has 1 aromatic carbocycles. The van der Waals surface area contributed by atoms with Crippen molar-refractivity contribution >= 4 is 49.8 Å². The Bertz CT molecular complexity index is 1440. The molecule has 4 rings (SSSR count). The first-order chi connectivity index (χ1) is 17.1. The molecule has 3 aromatic rings. The molecule has 190 valence electrons. The summed E-state index contributed by atoms with van der Waals surface area (Å²) in [5, 5.41) is 23.9. The number of carboxylic acid groups (broad SMARTS) is 1. The number of thiazole rings is 1. The van der Waals surface area contributed by atoms with Gasteiger partial charge in [-0.3, -0.25) is 14.9 Å². The van der Waals surface area contributed by atoms with Crippen LogP contribution in [0, 0.1) is 12.8 Å². The highest BCUT2D eigenvalue weighted by Crippen LogP contribution is 2.33. The second-order valence-corrected chi connectivity index (χ2v) is 11.4. The number of anilines is 2. The van der Waals surface area contributed by atoms with Gasteiger partial charge in [-0.1, -0.05) is 40.9 Å². The number of nitrogens with one attached hydrogen (secondary N) is 2. The van der Waals surface area contributed by atoms with Crippen molar-refractivity contribution in [2.45, 2.75) is 48.4 Å². The first-order valence-corrected chi connectivity index (χ1v) is 13.3. The Labute approximate surface area is 209 Å². The molecule has 13 nitrogen and oxygen atoms in total. The lowest BCUT2D eigenvalue weighted by Crippen LogP contribution is -2.22. The zero-order valence-corrected chi connectivity index (χ0v) is 21.0. The first kappa shape index (κ1) is 25.4. The monoisotopic (exact) mass is 533 g/mol. The molecule has 0 spiro atoms. The lowest BCUT2D eigenvalue weighted by molar-refractivity contribution is -0.136. The highest BCUT2D eigenvalue weighted by molar-refractivity contribution is 7.93. The quantitative estimate of drug-likeness (QED) is 0.363. The van der Waals surface area contributed by atoms with Crippen LogP contribution in [0.4, 0.5) is 15.6 Å². The number of carbonyl (C=O) groups excluding carboxylic acids is 2. The number of hydrogen-bond acceptors (Lipinski definition) is 10. The number of sulfone groups is 1. The number of hydrogen-bond donors (Lipinski definition) is 3. The number of benzene rings is 1. The van der Waals surface area contributed by atoms with Crippen molar-refractivity contribution < 1.29 is 27.9 Å². The fourth-order valence-electron chi connectivity index (χ4n) is 4.02. The molecular formula is C21H23N7O6S2. The molecular weight excluding hydrogens is 510 g/mol. The van der Waals surface area contributed by atoms with Crippen molar-refractivity contribution in [2.75, 3.05) is 10.6 Å². The van der Waals surface area contributed by atoms with E-state index in [4.69, 9.17) is 0 Å². The average Bonchev–Trinajstić information content (AvgIpc) is 3.56. The summed E-state index contributed by atoms with van der Waals surface area (Å²) in [6, 6.07) is 4.35. The number of nitrogens with zero attached hydrogens (tertiary/aromatic N) is 5. The van der Waals surface area contributed by atoms with Gasteiger partial charge in [0.05, 0.1) is 17.8 Å². The molecule has 1 aliphatic carbocycles. The van der Waals surface area contributed by atoms with Crippen molar-refractivity contribution in [2.24, 2.45) is 13.0 Å². The van der Waals surface area contributed by atoms with Crippen molar-refractivity contribution in [1.29, 1.82) is 0 Å². The predicted molar refractivity (Wildman–Crippen MR) is 128 cm³/mol. The number of carboxylic acids is 1. The molecule has 0 aliphatic heterocycles. The van der Waals surface area contributed by atoms with E-state index >= 15 is 0 Å². The van der Waals surface area contributed by atoms with Gasteiger partial charge < -0.3 is 10.4 Å². The SMILES string of the molecule is Cc1ccc(NC(=O)Nc2nc(CC(=O)O)c(S(=O)(=O)c3nnnn3C)s2)c(C(=O)C2CCCC2)c1. The lowest BCUT2D eigenvalue weighted by Gasteiger charge is -2.14. The maximum Gasteiger partial charge on any atom is 0.325 e. The minimum absolute atomic E-state index is 0.0323. The number of ketones is 1. The maximum absolute atomic E-state index is 13.0. The number of Topliss-reactive ketones (excluding diaryl/α,β-unsaturated/α-hetero) is 1. The standard InChI is InChI=1S/C21H23N7O6S2/c1-11-7-8-14(13(9-11)17(31)12-5-3-4-6-12)22-19(32)24-20-23-15(10-16(29)30)18(35-20)36(33,34)21-25-26-27-28(21)2/h7-9,12H,3-6,10H2,1-2H3,(H,29,30)(H2,22,23,24,32). The second kappa shape index (κ2) is 10.1. The van der Waals surface area contributed by atoms with Crippen LogP contribution in [-0.2, 0) is 28.1 Å². The third-order valence-corrected chi connectivity index (χ3v) is 8.95. The number of carbonyl (C=O) groups is 3. The van der Waals surface area contributed by atoms with E-state index in [9.17, 15) is 27.9 Å². The molecule has 1 saturated carbocycles.